The van der Waals surface area contributed by atoms with E-state index in [1.807, 2.05) is 0 Å². The van der Waals surface area contributed by atoms with E-state index in [9.17, 15) is 4.79 Å². The van der Waals surface area contributed by atoms with Crippen molar-refractivity contribution < 1.29 is 4.79 Å². The third kappa shape index (κ3) is 3.82. The molecule has 3 nitrogen and oxygen atoms in total. The van der Waals surface area contributed by atoms with Crippen molar-refractivity contribution in [1.82, 2.24) is 5.32 Å². The summed E-state index contributed by atoms with van der Waals surface area (Å²) in [5.41, 5.74) is 5.59. The van der Waals surface area contributed by atoms with Crippen molar-refractivity contribution in [1.29, 1.82) is 0 Å². The summed E-state index contributed by atoms with van der Waals surface area (Å²) in [5.74, 6) is 1.18. The Bertz CT molecular complexity index is 202. The molecule has 0 spiro atoms. The molecule has 1 aliphatic rings. The van der Waals surface area contributed by atoms with Crippen molar-refractivity contribution >= 4 is 5.91 Å². The highest BCUT2D eigenvalue weighted by Crippen LogP contribution is 2.24. The van der Waals surface area contributed by atoms with Crippen LogP contribution in [0, 0.1) is 11.8 Å². The van der Waals surface area contributed by atoms with Gasteiger partial charge in [0.15, 0.2) is 0 Å². The summed E-state index contributed by atoms with van der Waals surface area (Å²) in [5, 5.41) is 3.13. The number of hydrogen-bond donors (Lipinski definition) is 2. The number of rotatable bonds is 5. The van der Waals surface area contributed by atoms with E-state index in [0.717, 1.165) is 12.8 Å². The van der Waals surface area contributed by atoms with Crippen LogP contribution in [0.2, 0.25) is 0 Å². The van der Waals surface area contributed by atoms with Gasteiger partial charge in [-0.15, -0.1) is 0 Å². The number of nitrogens with one attached hydrogen (secondary N) is 1. The number of carbonyl (C=O) groups excluding carboxylic acids is 1. The van der Waals surface area contributed by atoms with Crippen LogP contribution < -0.4 is 11.1 Å². The van der Waals surface area contributed by atoms with Gasteiger partial charge in [-0.25, -0.2) is 0 Å². The van der Waals surface area contributed by atoms with E-state index in [1.54, 1.807) is 0 Å². The number of amides is 1. The third-order valence-electron chi connectivity index (χ3n) is 3.59. The normalized spacial score (nSPS) is 27.7. The summed E-state index contributed by atoms with van der Waals surface area (Å²) < 4.78 is 0. The minimum absolute atomic E-state index is 0.186. The smallest absolute Gasteiger partial charge is 0.220 e. The van der Waals surface area contributed by atoms with Gasteiger partial charge in [-0.05, 0) is 31.2 Å². The Hall–Kier alpha value is -0.570. The molecule has 0 aromatic heterocycles. The van der Waals surface area contributed by atoms with Crippen LogP contribution in [0.4, 0.5) is 0 Å². The van der Waals surface area contributed by atoms with Crippen LogP contribution in [-0.2, 0) is 4.79 Å². The average Bonchev–Trinajstić information content (AvgIpc) is 2.61. The van der Waals surface area contributed by atoms with E-state index >= 15 is 0 Å². The Kier molecular flexibility index (Phi) is 5.09. The van der Waals surface area contributed by atoms with Gasteiger partial charge in [-0.2, -0.15) is 0 Å². The molecule has 1 saturated carbocycles. The standard InChI is InChI=1S/C12H24N2O/c1-3-10(8-13)7-12(15)14-11-6-4-5-9(11)2/h9-11H,3-8,13H2,1-2H3,(H,14,15). The summed E-state index contributed by atoms with van der Waals surface area (Å²) in [6.07, 6.45) is 5.23. The molecule has 0 radical (unpaired) electrons. The molecule has 0 saturated heterocycles. The molecule has 0 heterocycles. The Balaban J connectivity index is 2.28. The van der Waals surface area contributed by atoms with Gasteiger partial charge in [0.1, 0.15) is 0 Å². The Morgan fingerprint density at radius 3 is 2.73 bits per heavy atom. The lowest BCUT2D eigenvalue weighted by molar-refractivity contribution is -0.122. The number of nitrogens with two attached hydrogens (primary N) is 1. The molecule has 1 rings (SSSR count). The molecule has 3 heteroatoms. The first kappa shape index (κ1) is 12.5. The Labute approximate surface area is 92.8 Å². The van der Waals surface area contributed by atoms with Gasteiger partial charge < -0.3 is 11.1 Å². The van der Waals surface area contributed by atoms with Crippen molar-refractivity contribution in [3.63, 3.8) is 0 Å². The van der Waals surface area contributed by atoms with Crippen LogP contribution in [0.5, 0.6) is 0 Å². The van der Waals surface area contributed by atoms with Crippen molar-refractivity contribution in [2.24, 2.45) is 17.6 Å². The van der Waals surface area contributed by atoms with Gasteiger partial charge in [-0.1, -0.05) is 26.7 Å². The number of hydrogen-bond acceptors (Lipinski definition) is 2. The van der Waals surface area contributed by atoms with E-state index in [-0.39, 0.29) is 5.91 Å². The summed E-state index contributed by atoms with van der Waals surface area (Å²) >= 11 is 0. The molecule has 1 amide bonds. The van der Waals surface area contributed by atoms with Crippen LogP contribution in [0.1, 0.15) is 46.0 Å². The van der Waals surface area contributed by atoms with Crippen molar-refractivity contribution in [3.8, 4) is 0 Å². The highest BCUT2D eigenvalue weighted by molar-refractivity contribution is 5.76. The fourth-order valence-electron chi connectivity index (χ4n) is 2.28. The predicted octanol–water partition coefficient (Wildman–Crippen LogP) is 1.67. The topological polar surface area (TPSA) is 55.1 Å². The molecular weight excluding hydrogens is 188 g/mol. The first-order valence-electron chi connectivity index (χ1n) is 6.16. The lowest BCUT2D eigenvalue weighted by Crippen LogP contribution is -2.37. The number of carbonyl (C=O) groups is 1. The molecule has 3 unspecified atom stereocenters. The van der Waals surface area contributed by atoms with Crippen LogP contribution in [0.15, 0.2) is 0 Å². The molecule has 0 aromatic carbocycles. The molecule has 0 aromatic rings. The summed E-state index contributed by atoms with van der Waals surface area (Å²) in [6.45, 7) is 4.92. The minimum Gasteiger partial charge on any atom is -0.353 e. The van der Waals surface area contributed by atoms with E-state index in [4.69, 9.17) is 5.73 Å². The molecule has 15 heavy (non-hydrogen) atoms. The van der Waals surface area contributed by atoms with Crippen LogP contribution in [-0.4, -0.2) is 18.5 Å². The first-order chi connectivity index (χ1) is 7.17. The van der Waals surface area contributed by atoms with Gasteiger partial charge in [0.05, 0.1) is 0 Å². The summed E-state index contributed by atoms with van der Waals surface area (Å²) in [7, 11) is 0. The zero-order chi connectivity index (χ0) is 11.3. The zero-order valence-corrected chi connectivity index (χ0v) is 9.96. The van der Waals surface area contributed by atoms with Gasteiger partial charge in [0.2, 0.25) is 5.91 Å². The molecule has 1 fully saturated rings. The second-order valence-electron chi connectivity index (χ2n) is 4.80. The highest BCUT2D eigenvalue weighted by atomic mass is 16.1. The maximum absolute atomic E-state index is 11.7. The molecule has 0 aliphatic heterocycles. The molecule has 3 atom stereocenters. The molecule has 88 valence electrons. The van der Waals surface area contributed by atoms with E-state index in [1.165, 1.54) is 12.8 Å². The predicted molar refractivity (Wildman–Crippen MR) is 62.4 cm³/mol. The van der Waals surface area contributed by atoms with Crippen LogP contribution in [0.3, 0.4) is 0 Å². The van der Waals surface area contributed by atoms with E-state index < -0.39 is 0 Å². The SMILES string of the molecule is CCC(CN)CC(=O)NC1CCCC1C. The van der Waals surface area contributed by atoms with E-state index in [2.05, 4.69) is 19.2 Å². The summed E-state index contributed by atoms with van der Waals surface area (Å²) in [6, 6.07) is 0.410. The molecule has 3 N–H and O–H groups in total. The van der Waals surface area contributed by atoms with Gasteiger partial charge in [0.25, 0.3) is 0 Å². The largest absolute Gasteiger partial charge is 0.353 e. The fourth-order valence-corrected chi connectivity index (χ4v) is 2.28. The second kappa shape index (κ2) is 6.11. The maximum atomic E-state index is 11.7. The quantitative estimate of drug-likeness (QED) is 0.728. The Morgan fingerprint density at radius 1 is 1.53 bits per heavy atom. The Morgan fingerprint density at radius 2 is 2.27 bits per heavy atom. The highest BCUT2D eigenvalue weighted by Gasteiger charge is 2.25. The average molecular weight is 212 g/mol. The maximum Gasteiger partial charge on any atom is 0.220 e. The zero-order valence-electron chi connectivity index (χ0n) is 9.96. The second-order valence-corrected chi connectivity index (χ2v) is 4.80. The van der Waals surface area contributed by atoms with Gasteiger partial charge >= 0.3 is 0 Å². The lowest BCUT2D eigenvalue weighted by atomic mass is 10.0. The molecule has 0 bridgehead atoms. The molecular formula is C12H24N2O. The monoisotopic (exact) mass is 212 g/mol. The third-order valence-corrected chi connectivity index (χ3v) is 3.59. The summed E-state index contributed by atoms with van der Waals surface area (Å²) in [4.78, 5) is 11.7. The van der Waals surface area contributed by atoms with Gasteiger partial charge in [-0.3, -0.25) is 4.79 Å². The lowest BCUT2D eigenvalue weighted by Gasteiger charge is -2.19. The van der Waals surface area contributed by atoms with E-state index in [0.29, 0.717) is 30.8 Å². The molecule has 1 aliphatic carbocycles. The minimum atomic E-state index is 0.186. The van der Waals surface area contributed by atoms with Crippen LogP contribution in [0.25, 0.3) is 0 Å². The fraction of sp³-hybridized carbons (Fsp3) is 0.917. The van der Waals surface area contributed by atoms with Crippen molar-refractivity contribution in [3.05, 3.63) is 0 Å². The van der Waals surface area contributed by atoms with Gasteiger partial charge in [0, 0.05) is 12.5 Å². The van der Waals surface area contributed by atoms with Crippen molar-refractivity contribution in [2.75, 3.05) is 6.54 Å². The first-order valence-corrected chi connectivity index (χ1v) is 6.16. The van der Waals surface area contributed by atoms with Crippen LogP contribution >= 0.6 is 0 Å². The van der Waals surface area contributed by atoms with Crippen molar-refractivity contribution in [2.45, 2.75) is 52.0 Å².